The first-order chi connectivity index (χ1) is 6.78. The van der Waals surface area contributed by atoms with Gasteiger partial charge in [-0.1, -0.05) is 44.1 Å². The predicted molar refractivity (Wildman–Crippen MR) is 62.0 cm³/mol. The topological polar surface area (TPSA) is 0 Å². The van der Waals surface area contributed by atoms with Crippen LogP contribution in [0.2, 0.25) is 0 Å². The summed E-state index contributed by atoms with van der Waals surface area (Å²) in [5.41, 5.74) is 1.52. The second-order valence-electron chi connectivity index (χ2n) is 3.16. The van der Waals surface area contributed by atoms with Crippen LogP contribution in [0.1, 0.15) is 39.5 Å². The van der Waals surface area contributed by atoms with Crippen LogP contribution in [-0.4, -0.2) is 0 Å². The van der Waals surface area contributed by atoms with Crippen molar-refractivity contribution in [1.29, 1.82) is 0 Å². The minimum atomic E-state index is -0.826. The maximum atomic E-state index is 4.93. The fourth-order valence-electron chi connectivity index (χ4n) is 1.30. The molecule has 1 aliphatic rings. The van der Waals surface area contributed by atoms with Crippen LogP contribution in [0.5, 0.6) is 0 Å². The van der Waals surface area contributed by atoms with Crippen molar-refractivity contribution in [2.24, 2.45) is 0 Å². The molecule has 3 heteroatoms. The summed E-state index contributed by atoms with van der Waals surface area (Å²) in [5, 5.41) is 0. The van der Waals surface area contributed by atoms with E-state index in [2.05, 4.69) is 32.1 Å². The molecule has 0 heterocycles. The molecule has 0 aromatic rings. The molecule has 1 aliphatic carbocycles. The first-order valence-electron chi connectivity index (χ1n) is 4.99. The summed E-state index contributed by atoms with van der Waals surface area (Å²) in [7, 11) is 9.87. The van der Waals surface area contributed by atoms with Crippen molar-refractivity contribution in [1.82, 2.24) is 0 Å². The predicted octanol–water partition coefficient (Wildman–Crippen LogP) is 5.03. The van der Waals surface area contributed by atoms with Gasteiger partial charge in [0, 0.05) is 5.92 Å². The molecule has 1 radical (unpaired) electrons. The Morgan fingerprint density at radius 2 is 1.86 bits per heavy atom. The summed E-state index contributed by atoms with van der Waals surface area (Å²) in [5.74, 6) is 1.48. The third-order valence-corrected chi connectivity index (χ3v) is 2.11. The Morgan fingerprint density at radius 1 is 1.21 bits per heavy atom. The molecule has 0 N–H and O–H groups in total. The summed E-state index contributed by atoms with van der Waals surface area (Å²) >= 11 is -0.826. The quantitative estimate of drug-likeness (QED) is 0.683. The van der Waals surface area contributed by atoms with Gasteiger partial charge in [0.2, 0.25) is 0 Å². The zero-order chi connectivity index (χ0) is 10.8. The van der Waals surface area contributed by atoms with Gasteiger partial charge in [-0.2, -0.15) is 0 Å². The molecular formula is C11H17Cl2Zr. The average molecular weight is 311 g/mol. The SMILES string of the molecule is CCCCC1=C[C](CC)C=C1.[Cl][Zr][Cl]. The van der Waals surface area contributed by atoms with Crippen molar-refractivity contribution >= 4 is 17.0 Å². The van der Waals surface area contributed by atoms with Crippen LogP contribution in [0.15, 0.2) is 23.8 Å². The van der Waals surface area contributed by atoms with Crippen molar-refractivity contribution in [2.75, 3.05) is 0 Å². The van der Waals surface area contributed by atoms with Crippen molar-refractivity contribution in [3.8, 4) is 0 Å². The molecule has 0 atom stereocenters. The van der Waals surface area contributed by atoms with Gasteiger partial charge in [0.15, 0.2) is 0 Å². The summed E-state index contributed by atoms with van der Waals surface area (Å²) in [6, 6.07) is 0. The van der Waals surface area contributed by atoms with Crippen LogP contribution in [0.25, 0.3) is 0 Å². The van der Waals surface area contributed by atoms with E-state index in [4.69, 9.17) is 17.0 Å². The Labute approximate surface area is 106 Å². The third-order valence-electron chi connectivity index (χ3n) is 2.11. The van der Waals surface area contributed by atoms with Gasteiger partial charge in [-0.3, -0.25) is 0 Å². The Morgan fingerprint density at radius 3 is 2.29 bits per heavy atom. The number of hydrogen-bond donors (Lipinski definition) is 0. The number of unbranched alkanes of at least 4 members (excludes halogenated alkanes) is 1. The van der Waals surface area contributed by atoms with Gasteiger partial charge in [-0.15, -0.1) is 0 Å². The molecule has 0 unspecified atom stereocenters. The van der Waals surface area contributed by atoms with E-state index in [0.717, 1.165) is 0 Å². The standard InChI is InChI=1S/C11H17.2ClH.Zr/c1-3-5-6-11-8-7-10(4-2)9-11;;;/h7-9H,3-6H2,1-2H3;2*1H;/q;;;+2/p-2. The minimum absolute atomic E-state index is 0.826. The van der Waals surface area contributed by atoms with Gasteiger partial charge >= 0.3 is 37.9 Å². The average Bonchev–Trinajstić information content (AvgIpc) is 2.63. The van der Waals surface area contributed by atoms with Gasteiger partial charge in [0.25, 0.3) is 0 Å². The number of hydrogen-bond acceptors (Lipinski definition) is 0. The van der Waals surface area contributed by atoms with Crippen molar-refractivity contribution < 1.29 is 20.8 Å². The van der Waals surface area contributed by atoms with E-state index in [1.807, 2.05) is 0 Å². The first-order valence-corrected chi connectivity index (χ1v) is 11.3. The van der Waals surface area contributed by atoms with E-state index in [9.17, 15) is 0 Å². The van der Waals surface area contributed by atoms with Crippen LogP contribution < -0.4 is 0 Å². The molecule has 0 fully saturated rings. The number of allylic oxidation sites excluding steroid dienone is 4. The van der Waals surface area contributed by atoms with Gasteiger partial charge in [-0.25, -0.2) is 0 Å². The van der Waals surface area contributed by atoms with E-state index in [-0.39, 0.29) is 0 Å². The fourth-order valence-corrected chi connectivity index (χ4v) is 1.30. The van der Waals surface area contributed by atoms with E-state index in [1.54, 1.807) is 0 Å². The van der Waals surface area contributed by atoms with Crippen molar-refractivity contribution in [3.63, 3.8) is 0 Å². The molecule has 0 aliphatic heterocycles. The fraction of sp³-hybridized carbons (Fsp3) is 0.545. The molecule has 0 nitrogen and oxygen atoms in total. The molecule has 14 heavy (non-hydrogen) atoms. The summed E-state index contributed by atoms with van der Waals surface area (Å²) in [6.07, 6.45) is 11.9. The van der Waals surface area contributed by atoms with E-state index < -0.39 is 20.8 Å². The Balaban J connectivity index is 0.000000500. The molecule has 0 saturated carbocycles. The maximum absolute atomic E-state index is 4.93. The van der Waals surface area contributed by atoms with Gasteiger partial charge < -0.3 is 0 Å². The second-order valence-corrected chi connectivity index (χ2v) is 6.89. The molecule has 1 rings (SSSR count). The molecular weight excluding hydrogens is 294 g/mol. The summed E-state index contributed by atoms with van der Waals surface area (Å²) < 4.78 is 0. The van der Waals surface area contributed by atoms with Crippen LogP contribution in [0, 0.1) is 5.92 Å². The van der Waals surface area contributed by atoms with Crippen molar-refractivity contribution in [2.45, 2.75) is 39.5 Å². The summed E-state index contributed by atoms with van der Waals surface area (Å²) in [4.78, 5) is 0. The molecule has 0 saturated heterocycles. The van der Waals surface area contributed by atoms with E-state index >= 15 is 0 Å². The Hall–Kier alpha value is 0.943. The summed E-state index contributed by atoms with van der Waals surface area (Å²) in [6.45, 7) is 4.45. The monoisotopic (exact) mass is 309 g/mol. The van der Waals surface area contributed by atoms with Crippen LogP contribution >= 0.6 is 17.0 Å². The second kappa shape index (κ2) is 10.5. The Kier molecular flexibility index (Phi) is 11.2. The van der Waals surface area contributed by atoms with Gasteiger partial charge in [0.1, 0.15) is 0 Å². The first kappa shape index (κ1) is 14.9. The van der Waals surface area contributed by atoms with Gasteiger partial charge in [0.05, 0.1) is 0 Å². The number of halogens is 2. The molecule has 0 aromatic heterocycles. The third kappa shape index (κ3) is 7.26. The van der Waals surface area contributed by atoms with Crippen molar-refractivity contribution in [3.05, 3.63) is 29.7 Å². The van der Waals surface area contributed by atoms with Crippen LogP contribution in [0.4, 0.5) is 0 Å². The van der Waals surface area contributed by atoms with Crippen LogP contribution in [0.3, 0.4) is 0 Å². The zero-order valence-electron chi connectivity index (χ0n) is 8.82. The van der Waals surface area contributed by atoms with Gasteiger partial charge in [-0.05, 0) is 19.3 Å². The zero-order valence-corrected chi connectivity index (χ0v) is 12.8. The van der Waals surface area contributed by atoms with E-state index in [0.29, 0.717) is 0 Å². The molecule has 0 spiro atoms. The van der Waals surface area contributed by atoms with E-state index in [1.165, 1.54) is 37.2 Å². The Bertz CT molecular complexity index is 188. The molecule has 0 bridgehead atoms. The molecule has 0 aromatic carbocycles. The van der Waals surface area contributed by atoms with Crippen LogP contribution in [-0.2, 0) is 20.8 Å². The number of rotatable bonds is 4. The molecule has 79 valence electrons. The normalized spacial score (nSPS) is 14.7. The molecule has 0 amide bonds.